The van der Waals surface area contributed by atoms with Crippen LogP contribution in [0.25, 0.3) is 0 Å². The second-order valence-electron chi connectivity index (χ2n) is 4.62. The van der Waals surface area contributed by atoms with Gasteiger partial charge in [0.2, 0.25) is 0 Å². The van der Waals surface area contributed by atoms with Crippen LogP contribution in [-0.2, 0) is 6.42 Å². The number of rotatable bonds is 3. The van der Waals surface area contributed by atoms with E-state index in [9.17, 15) is 0 Å². The molecule has 1 nitrogen and oxygen atoms in total. The van der Waals surface area contributed by atoms with E-state index in [4.69, 9.17) is 0 Å². The third-order valence-corrected chi connectivity index (χ3v) is 3.79. The molecule has 2 unspecified atom stereocenters. The lowest BCUT2D eigenvalue weighted by molar-refractivity contribution is 0.578. The van der Waals surface area contributed by atoms with Crippen molar-refractivity contribution in [2.75, 3.05) is 17.2 Å². The van der Waals surface area contributed by atoms with Crippen molar-refractivity contribution in [1.29, 1.82) is 0 Å². The van der Waals surface area contributed by atoms with Gasteiger partial charge in [-0.1, -0.05) is 25.1 Å². The van der Waals surface area contributed by atoms with Gasteiger partial charge in [-0.25, -0.2) is 0 Å². The summed E-state index contributed by atoms with van der Waals surface area (Å²) in [6, 6.07) is 9.40. The van der Waals surface area contributed by atoms with Crippen molar-refractivity contribution in [3.05, 3.63) is 29.8 Å². The van der Waals surface area contributed by atoms with Gasteiger partial charge in [-0.3, -0.25) is 0 Å². The lowest BCUT2D eigenvalue weighted by Crippen LogP contribution is -2.33. The Labute approximate surface area is 97.9 Å². The van der Waals surface area contributed by atoms with Crippen molar-refractivity contribution >= 4 is 18.3 Å². The summed E-state index contributed by atoms with van der Waals surface area (Å²) in [4.78, 5) is 2.52. The minimum absolute atomic E-state index is 0.643. The Kier molecular flexibility index (Phi) is 3.25. The van der Waals surface area contributed by atoms with Gasteiger partial charge in [0.1, 0.15) is 0 Å². The summed E-state index contributed by atoms with van der Waals surface area (Å²) >= 11 is 4.36. The first kappa shape index (κ1) is 10.9. The SMILES string of the molecule is CC(CS)CN1c2ccccc2CC1C. The molecule has 0 aliphatic carbocycles. The van der Waals surface area contributed by atoms with Crippen molar-refractivity contribution in [3.8, 4) is 0 Å². The fraction of sp³-hybridized carbons (Fsp3) is 0.538. The zero-order valence-corrected chi connectivity index (χ0v) is 10.4. The third-order valence-electron chi connectivity index (χ3n) is 3.17. The van der Waals surface area contributed by atoms with Crippen molar-refractivity contribution in [1.82, 2.24) is 0 Å². The Morgan fingerprint density at radius 2 is 2.20 bits per heavy atom. The molecule has 0 fully saturated rings. The molecular weight excluding hydrogens is 202 g/mol. The van der Waals surface area contributed by atoms with Gasteiger partial charge < -0.3 is 4.90 Å². The van der Waals surface area contributed by atoms with Gasteiger partial charge in [-0.2, -0.15) is 12.6 Å². The second-order valence-corrected chi connectivity index (χ2v) is 4.99. The number of nitrogens with zero attached hydrogens (tertiary/aromatic N) is 1. The van der Waals surface area contributed by atoms with Crippen LogP contribution in [0.15, 0.2) is 24.3 Å². The highest BCUT2D eigenvalue weighted by molar-refractivity contribution is 7.80. The summed E-state index contributed by atoms with van der Waals surface area (Å²) in [5.41, 5.74) is 2.93. The molecule has 15 heavy (non-hydrogen) atoms. The summed E-state index contributed by atoms with van der Waals surface area (Å²) in [5, 5.41) is 0. The smallest absolute Gasteiger partial charge is 0.0402 e. The normalized spacial score (nSPS) is 21.5. The first-order chi connectivity index (χ1) is 7.22. The molecule has 2 atom stereocenters. The van der Waals surface area contributed by atoms with Crippen molar-refractivity contribution in [2.45, 2.75) is 26.3 Å². The van der Waals surface area contributed by atoms with Crippen LogP contribution in [0.1, 0.15) is 19.4 Å². The number of fused-ring (bicyclic) bond motifs is 1. The molecule has 1 heterocycles. The van der Waals surface area contributed by atoms with E-state index in [1.165, 1.54) is 17.7 Å². The van der Waals surface area contributed by atoms with Gasteiger partial charge in [0.15, 0.2) is 0 Å². The molecule has 0 bridgehead atoms. The Morgan fingerprint density at radius 3 is 2.93 bits per heavy atom. The molecule has 2 heteroatoms. The van der Waals surface area contributed by atoms with Gasteiger partial charge in [0.05, 0.1) is 0 Å². The molecular formula is C13H19NS. The standard InChI is InChI=1S/C13H19NS/c1-10(9-15)8-14-11(2)7-12-5-3-4-6-13(12)14/h3-6,10-11,15H,7-9H2,1-2H3. The molecule has 1 aliphatic heterocycles. The van der Waals surface area contributed by atoms with Crippen LogP contribution >= 0.6 is 12.6 Å². The van der Waals surface area contributed by atoms with E-state index in [1.54, 1.807) is 0 Å². The van der Waals surface area contributed by atoms with Gasteiger partial charge >= 0.3 is 0 Å². The number of benzene rings is 1. The van der Waals surface area contributed by atoms with Crippen molar-refractivity contribution in [3.63, 3.8) is 0 Å². The highest BCUT2D eigenvalue weighted by Crippen LogP contribution is 2.32. The quantitative estimate of drug-likeness (QED) is 0.768. The van der Waals surface area contributed by atoms with E-state index in [2.05, 4.69) is 55.6 Å². The molecule has 0 spiro atoms. The van der Waals surface area contributed by atoms with E-state index in [-0.39, 0.29) is 0 Å². The average molecular weight is 221 g/mol. The highest BCUT2D eigenvalue weighted by Gasteiger charge is 2.25. The zero-order chi connectivity index (χ0) is 10.8. The van der Waals surface area contributed by atoms with Gasteiger partial charge in [-0.05, 0) is 36.6 Å². The van der Waals surface area contributed by atoms with E-state index in [0.29, 0.717) is 12.0 Å². The summed E-state index contributed by atoms with van der Waals surface area (Å²) in [6.45, 7) is 5.70. The van der Waals surface area contributed by atoms with E-state index in [0.717, 1.165) is 12.3 Å². The zero-order valence-electron chi connectivity index (χ0n) is 9.48. The Morgan fingerprint density at radius 1 is 1.47 bits per heavy atom. The molecule has 0 aromatic heterocycles. The van der Waals surface area contributed by atoms with Crippen LogP contribution in [0.2, 0.25) is 0 Å². The molecule has 0 amide bonds. The number of para-hydroxylation sites is 1. The fourth-order valence-electron chi connectivity index (χ4n) is 2.30. The lowest BCUT2D eigenvalue weighted by Gasteiger charge is -2.27. The third kappa shape index (κ3) is 2.15. The van der Waals surface area contributed by atoms with Crippen LogP contribution < -0.4 is 4.90 Å². The Balaban J connectivity index is 2.18. The van der Waals surface area contributed by atoms with Gasteiger partial charge in [-0.15, -0.1) is 0 Å². The molecule has 1 aromatic carbocycles. The van der Waals surface area contributed by atoms with Crippen LogP contribution in [0.3, 0.4) is 0 Å². The highest BCUT2D eigenvalue weighted by atomic mass is 32.1. The molecule has 1 aliphatic rings. The van der Waals surface area contributed by atoms with Crippen LogP contribution in [0, 0.1) is 5.92 Å². The van der Waals surface area contributed by atoms with Crippen molar-refractivity contribution < 1.29 is 0 Å². The second kappa shape index (κ2) is 4.48. The van der Waals surface area contributed by atoms with Gasteiger partial charge in [0, 0.05) is 18.3 Å². The molecule has 0 saturated heterocycles. The number of thiol groups is 1. The Hall–Kier alpha value is -0.630. The predicted octanol–water partition coefficient (Wildman–Crippen LogP) is 3.00. The summed E-state index contributed by atoms with van der Waals surface area (Å²) in [7, 11) is 0. The average Bonchev–Trinajstić information content (AvgIpc) is 2.55. The molecule has 0 N–H and O–H groups in total. The van der Waals surface area contributed by atoms with Crippen molar-refractivity contribution in [2.24, 2.45) is 5.92 Å². The monoisotopic (exact) mass is 221 g/mol. The number of hydrogen-bond acceptors (Lipinski definition) is 2. The van der Waals surface area contributed by atoms with E-state index >= 15 is 0 Å². The van der Waals surface area contributed by atoms with Crippen LogP contribution in [0.4, 0.5) is 5.69 Å². The number of anilines is 1. The van der Waals surface area contributed by atoms with Crippen LogP contribution in [-0.4, -0.2) is 18.3 Å². The van der Waals surface area contributed by atoms with Gasteiger partial charge in [0.25, 0.3) is 0 Å². The largest absolute Gasteiger partial charge is 0.368 e. The van der Waals surface area contributed by atoms with E-state index in [1.807, 2.05) is 0 Å². The summed E-state index contributed by atoms with van der Waals surface area (Å²) in [6.07, 6.45) is 1.19. The maximum Gasteiger partial charge on any atom is 0.0402 e. The fourth-order valence-corrected chi connectivity index (χ4v) is 2.42. The maximum absolute atomic E-state index is 4.36. The molecule has 82 valence electrons. The van der Waals surface area contributed by atoms with E-state index < -0.39 is 0 Å². The molecule has 0 saturated carbocycles. The molecule has 0 radical (unpaired) electrons. The Bertz CT molecular complexity index is 337. The number of hydrogen-bond donors (Lipinski definition) is 1. The summed E-state index contributed by atoms with van der Waals surface area (Å²) < 4.78 is 0. The first-order valence-corrected chi connectivity index (χ1v) is 6.31. The molecule has 1 aromatic rings. The maximum atomic E-state index is 4.36. The predicted molar refractivity (Wildman–Crippen MR) is 70.0 cm³/mol. The van der Waals surface area contributed by atoms with Crippen LogP contribution in [0.5, 0.6) is 0 Å². The first-order valence-electron chi connectivity index (χ1n) is 5.67. The topological polar surface area (TPSA) is 3.24 Å². The minimum Gasteiger partial charge on any atom is -0.368 e. The molecule has 2 rings (SSSR count). The minimum atomic E-state index is 0.643. The summed E-state index contributed by atoms with van der Waals surface area (Å²) in [5.74, 6) is 1.62. The lowest BCUT2D eigenvalue weighted by atomic mass is 10.1.